The first-order chi connectivity index (χ1) is 14.8. The van der Waals surface area contributed by atoms with Crippen LogP contribution in [0, 0.1) is 5.82 Å². The molecule has 1 aliphatic heterocycles. The molecule has 0 bridgehead atoms. The zero-order valence-corrected chi connectivity index (χ0v) is 18.7. The number of rotatable bonds is 3. The number of fused-ring (bicyclic) bond motifs is 2. The first-order valence-corrected chi connectivity index (χ1v) is 9.78. The van der Waals surface area contributed by atoms with Gasteiger partial charge in [-0.15, -0.1) is 35.0 Å². The highest BCUT2D eigenvalue weighted by Gasteiger charge is 2.46. The molecule has 0 aliphatic carbocycles. The number of pyridine rings is 2. The van der Waals surface area contributed by atoms with Gasteiger partial charge in [-0.1, -0.05) is 24.3 Å². The highest BCUT2D eigenvalue weighted by atomic mass is 35.5. The highest BCUT2D eigenvalue weighted by molar-refractivity contribution is 5.85. The maximum atomic E-state index is 14.2. The molecule has 1 fully saturated rings. The Morgan fingerprint density at radius 2 is 1.82 bits per heavy atom. The van der Waals surface area contributed by atoms with Crippen molar-refractivity contribution in [3.8, 4) is 11.5 Å². The van der Waals surface area contributed by atoms with Crippen LogP contribution in [-0.4, -0.2) is 49.8 Å². The average molecular weight is 503 g/mol. The Hall–Kier alpha value is -2.53. The number of para-hydroxylation sites is 1. The largest absolute Gasteiger partial charge is 0.408 e. The van der Waals surface area contributed by atoms with Gasteiger partial charge < -0.3 is 5.73 Å². The van der Waals surface area contributed by atoms with Crippen LogP contribution in [0.25, 0.3) is 28.1 Å². The molecule has 2 N–H and O–H groups in total. The molecule has 176 valence electrons. The summed E-state index contributed by atoms with van der Waals surface area (Å²) in [4.78, 5) is 5.68. The van der Waals surface area contributed by atoms with Crippen molar-refractivity contribution in [2.24, 2.45) is 5.73 Å². The minimum atomic E-state index is -4.48. The number of benzene rings is 1. The van der Waals surface area contributed by atoms with E-state index < -0.39 is 18.0 Å². The first-order valence-electron chi connectivity index (χ1n) is 9.78. The third-order valence-corrected chi connectivity index (χ3v) is 5.57. The summed E-state index contributed by atoms with van der Waals surface area (Å²) in [6.07, 6.45) is -2.59. The zero-order valence-electron chi connectivity index (χ0n) is 17.0. The second-order valence-electron chi connectivity index (χ2n) is 7.71. The minimum Gasteiger partial charge on any atom is -0.326 e. The summed E-state index contributed by atoms with van der Waals surface area (Å²) in [7, 11) is 0. The van der Waals surface area contributed by atoms with E-state index in [1.54, 1.807) is 24.3 Å². The standard InChI is InChI=1S/C21H18F4N6.2ClH/c22-15-3-1-2-12-4-6-16(27-18(12)15)20-29-28-17-7-5-13(10-31(17)20)19(21(23,24)25)30-9-8-14(26)11-30;;/h1-7,10,14,19H,8-9,11,26H2;2*1H/t14-,19+;;/m0../s1. The van der Waals surface area contributed by atoms with Gasteiger partial charge in [-0.05, 0) is 30.2 Å². The minimum absolute atomic E-state index is 0. The molecule has 2 atom stereocenters. The molecular formula is C21H20Cl2F4N6. The van der Waals surface area contributed by atoms with E-state index in [4.69, 9.17) is 5.73 Å². The first kappa shape index (κ1) is 25.1. The molecule has 0 saturated carbocycles. The lowest BCUT2D eigenvalue weighted by molar-refractivity contribution is -0.183. The predicted octanol–water partition coefficient (Wildman–Crippen LogP) is 4.56. The molecule has 4 aromatic rings. The Kier molecular flexibility index (Phi) is 7.13. The summed E-state index contributed by atoms with van der Waals surface area (Å²) < 4.78 is 57.6. The van der Waals surface area contributed by atoms with Crippen LogP contribution in [0.3, 0.4) is 0 Å². The molecule has 5 rings (SSSR count). The number of nitrogens with zero attached hydrogens (tertiary/aromatic N) is 5. The van der Waals surface area contributed by atoms with Crippen molar-refractivity contribution in [3.63, 3.8) is 0 Å². The van der Waals surface area contributed by atoms with E-state index in [0.717, 1.165) is 0 Å². The van der Waals surface area contributed by atoms with E-state index in [2.05, 4.69) is 15.2 Å². The van der Waals surface area contributed by atoms with Crippen molar-refractivity contribution < 1.29 is 17.6 Å². The molecule has 3 aromatic heterocycles. The number of hydrogen-bond donors (Lipinski definition) is 1. The monoisotopic (exact) mass is 502 g/mol. The van der Waals surface area contributed by atoms with Crippen molar-refractivity contribution >= 4 is 41.4 Å². The van der Waals surface area contributed by atoms with E-state index in [1.807, 2.05) is 0 Å². The summed E-state index contributed by atoms with van der Waals surface area (Å²) in [5.41, 5.74) is 6.74. The van der Waals surface area contributed by atoms with Crippen molar-refractivity contribution in [1.29, 1.82) is 0 Å². The molecule has 0 unspecified atom stereocenters. The van der Waals surface area contributed by atoms with Crippen LogP contribution in [0.5, 0.6) is 0 Å². The number of hydrogen-bond acceptors (Lipinski definition) is 5. The fourth-order valence-electron chi connectivity index (χ4n) is 4.14. The van der Waals surface area contributed by atoms with Gasteiger partial charge in [0.2, 0.25) is 0 Å². The summed E-state index contributed by atoms with van der Waals surface area (Å²) in [6.45, 7) is 0.437. The van der Waals surface area contributed by atoms with Gasteiger partial charge in [0.25, 0.3) is 0 Å². The van der Waals surface area contributed by atoms with Crippen molar-refractivity contribution in [1.82, 2.24) is 24.5 Å². The molecule has 33 heavy (non-hydrogen) atoms. The van der Waals surface area contributed by atoms with Crippen molar-refractivity contribution in [2.75, 3.05) is 13.1 Å². The summed E-state index contributed by atoms with van der Waals surface area (Å²) in [5, 5.41) is 8.73. The Morgan fingerprint density at radius 1 is 1.03 bits per heavy atom. The molecule has 1 aliphatic rings. The Labute approximate surface area is 198 Å². The van der Waals surface area contributed by atoms with Crippen LogP contribution < -0.4 is 5.73 Å². The third kappa shape index (κ3) is 4.61. The zero-order chi connectivity index (χ0) is 21.8. The molecule has 12 heteroatoms. The number of aromatic nitrogens is 4. The van der Waals surface area contributed by atoms with Crippen LogP contribution in [0.2, 0.25) is 0 Å². The lowest BCUT2D eigenvalue weighted by atomic mass is 10.1. The fourth-order valence-corrected chi connectivity index (χ4v) is 4.14. The van der Waals surface area contributed by atoms with E-state index in [-0.39, 0.29) is 60.8 Å². The number of nitrogens with two attached hydrogens (primary N) is 1. The van der Waals surface area contributed by atoms with Crippen LogP contribution in [0.1, 0.15) is 18.0 Å². The van der Waals surface area contributed by atoms with Gasteiger partial charge in [0.1, 0.15) is 23.1 Å². The normalized spacial score (nSPS) is 17.7. The highest BCUT2D eigenvalue weighted by Crippen LogP contribution is 2.39. The Morgan fingerprint density at radius 3 is 2.52 bits per heavy atom. The molecule has 6 nitrogen and oxygen atoms in total. The predicted molar refractivity (Wildman–Crippen MR) is 121 cm³/mol. The average Bonchev–Trinajstić information content (AvgIpc) is 3.33. The van der Waals surface area contributed by atoms with Crippen LogP contribution in [-0.2, 0) is 0 Å². The van der Waals surface area contributed by atoms with Gasteiger partial charge in [-0.25, -0.2) is 9.37 Å². The van der Waals surface area contributed by atoms with Crippen LogP contribution in [0.4, 0.5) is 17.6 Å². The van der Waals surface area contributed by atoms with Gasteiger partial charge in [0.15, 0.2) is 11.5 Å². The van der Waals surface area contributed by atoms with E-state index in [1.165, 1.54) is 33.7 Å². The van der Waals surface area contributed by atoms with Crippen molar-refractivity contribution in [3.05, 3.63) is 60.0 Å². The molecule has 0 spiro atoms. The topological polar surface area (TPSA) is 72.3 Å². The smallest absolute Gasteiger partial charge is 0.326 e. The molecule has 0 radical (unpaired) electrons. The van der Waals surface area contributed by atoms with E-state index in [0.29, 0.717) is 23.1 Å². The summed E-state index contributed by atoms with van der Waals surface area (Å²) >= 11 is 0. The Balaban J connectivity index is 0.00000153. The van der Waals surface area contributed by atoms with Crippen molar-refractivity contribution in [2.45, 2.75) is 24.7 Å². The lowest BCUT2D eigenvalue weighted by Crippen LogP contribution is -2.38. The SMILES string of the molecule is Cl.Cl.N[C@H]1CCN([C@H](c2ccc3nnc(-c4ccc5cccc(F)c5n4)n3c2)C(F)(F)F)C1. The molecule has 4 heterocycles. The molecule has 0 amide bonds. The van der Waals surface area contributed by atoms with Gasteiger partial charge >= 0.3 is 6.18 Å². The van der Waals surface area contributed by atoms with Crippen LogP contribution in [0.15, 0.2) is 48.7 Å². The third-order valence-electron chi connectivity index (χ3n) is 5.57. The van der Waals surface area contributed by atoms with Gasteiger partial charge in [0.05, 0.1) is 0 Å². The second-order valence-corrected chi connectivity index (χ2v) is 7.71. The quantitative estimate of drug-likeness (QED) is 0.415. The lowest BCUT2D eigenvalue weighted by Gasteiger charge is -2.30. The molecule has 1 aromatic carbocycles. The maximum absolute atomic E-state index is 14.2. The number of likely N-dealkylation sites (tertiary alicyclic amines) is 1. The molecule has 1 saturated heterocycles. The molecular weight excluding hydrogens is 483 g/mol. The van der Waals surface area contributed by atoms with E-state index >= 15 is 0 Å². The van der Waals surface area contributed by atoms with Gasteiger partial charge in [0, 0.05) is 30.7 Å². The van der Waals surface area contributed by atoms with E-state index in [9.17, 15) is 17.6 Å². The van der Waals surface area contributed by atoms with Gasteiger partial charge in [-0.2, -0.15) is 13.2 Å². The number of halogens is 6. The number of alkyl halides is 3. The second kappa shape index (κ2) is 9.38. The van der Waals surface area contributed by atoms with Gasteiger partial charge in [-0.3, -0.25) is 9.30 Å². The Bertz CT molecular complexity index is 1280. The maximum Gasteiger partial charge on any atom is 0.408 e. The van der Waals surface area contributed by atoms with Crippen LogP contribution >= 0.6 is 24.8 Å². The summed E-state index contributed by atoms with van der Waals surface area (Å²) in [6, 6.07) is 8.77. The summed E-state index contributed by atoms with van der Waals surface area (Å²) in [5.74, 6) is -0.252. The fraction of sp³-hybridized carbons (Fsp3) is 0.286.